The molecule has 2 N–H and O–H groups in total. The van der Waals surface area contributed by atoms with Gasteiger partial charge in [-0.1, -0.05) is 41.4 Å². The van der Waals surface area contributed by atoms with E-state index in [1.54, 1.807) is 34.9 Å². The molecule has 0 bridgehead atoms. The summed E-state index contributed by atoms with van der Waals surface area (Å²) in [5.74, 6) is 0.588. The lowest BCUT2D eigenvalue weighted by molar-refractivity contribution is 0.340. The van der Waals surface area contributed by atoms with Crippen LogP contribution in [-0.4, -0.2) is 21.3 Å². The molecule has 0 amide bonds. The maximum atomic E-state index is 12.7. The summed E-state index contributed by atoms with van der Waals surface area (Å²) in [6.45, 7) is 4.46. The monoisotopic (exact) mass is 394 g/mol. The van der Waals surface area contributed by atoms with E-state index in [1.807, 2.05) is 38.1 Å². The molecule has 142 valence electrons. The van der Waals surface area contributed by atoms with Gasteiger partial charge < -0.3 is 14.8 Å². The van der Waals surface area contributed by atoms with E-state index in [0.29, 0.717) is 34.1 Å². The molecule has 0 saturated heterocycles. The van der Waals surface area contributed by atoms with Gasteiger partial charge in [-0.25, -0.2) is 0 Å². The Morgan fingerprint density at radius 2 is 1.79 bits per heavy atom. The zero-order chi connectivity index (χ0) is 19.8. The van der Waals surface area contributed by atoms with E-state index in [2.05, 4.69) is 4.98 Å². The number of hydrogen-bond donors (Lipinski definition) is 2. The SMILES string of the molecule is CCOc1ccc(-c2c(O)c3c(cc(Cl)n3-c3ccc(C)cc3)[nH]c2=O)cc1. The van der Waals surface area contributed by atoms with Gasteiger partial charge in [0.25, 0.3) is 5.56 Å². The van der Waals surface area contributed by atoms with E-state index in [0.717, 1.165) is 11.3 Å². The number of aromatic amines is 1. The number of aromatic nitrogens is 2. The number of aromatic hydroxyl groups is 1. The second kappa shape index (κ2) is 7.09. The Morgan fingerprint density at radius 3 is 2.43 bits per heavy atom. The van der Waals surface area contributed by atoms with Crippen LogP contribution in [0.2, 0.25) is 5.15 Å². The number of ether oxygens (including phenoxy) is 1. The minimum atomic E-state index is -0.383. The van der Waals surface area contributed by atoms with Crippen LogP contribution in [-0.2, 0) is 0 Å². The van der Waals surface area contributed by atoms with Crippen molar-refractivity contribution >= 4 is 22.6 Å². The standard InChI is InChI=1S/C22H19ClN2O3/c1-3-28-16-10-6-14(7-11-16)19-21(26)20-17(24-22(19)27)12-18(23)25(20)15-8-4-13(2)5-9-15/h4-12H,3H2,1-2H3,(H2,24,26,27). The summed E-state index contributed by atoms with van der Waals surface area (Å²) in [4.78, 5) is 15.5. The molecule has 2 heterocycles. The third kappa shape index (κ3) is 3.04. The van der Waals surface area contributed by atoms with Gasteiger partial charge in [0, 0.05) is 5.69 Å². The Hall–Kier alpha value is -3.18. The molecule has 0 saturated carbocycles. The quantitative estimate of drug-likeness (QED) is 0.508. The van der Waals surface area contributed by atoms with Crippen LogP contribution in [0.5, 0.6) is 11.5 Å². The normalized spacial score (nSPS) is 11.1. The molecule has 0 unspecified atom stereocenters. The van der Waals surface area contributed by atoms with Crippen LogP contribution in [0, 0.1) is 6.92 Å². The van der Waals surface area contributed by atoms with Crippen LogP contribution in [0.3, 0.4) is 0 Å². The molecular formula is C22H19ClN2O3. The van der Waals surface area contributed by atoms with Crippen molar-refractivity contribution in [2.75, 3.05) is 6.61 Å². The van der Waals surface area contributed by atoms with Crippen molar-refractivity contribution < 1.29 is 9.84 Å². The number of benzene rings is 2. The number of halogens is 1. The highest BCUT2D eigenvalue weighted by Crippen LogP contribution is 2.37. The fourth-order valence-electron chi connectivity index (χ4n) is 3.32. The molecule has 6 heteroatoms. The number of pyridine rings is 1. The highest BCUT2D eigenvalue weighted by Gasteiger charge is 2.20. The Kier molecular flexibility index (Phi) is 4.61. The minimum absolute atomic E-state index is 0.115. The largest absolute Gasteiger partial charge is 0.505 e. The van der Waals surface area contributed by atoms with Crippen LogP contribution in [0.25, 0.3) is 27.8 Å². The van der Waals surface area contributed by atoms with Gasteiger partial charge in [-0.2, -0.15) is 0 Å². The second-order valence-corrected chi connectivity index (χ2v) is 6.92. The van der Waals surface area contributed by atoms with Crippen LogP contribution < -0.4 is 10.3 Å². The van der Waals surface area contributed by atoms with Gasteiger partial charge in [0.15, 0.2) is 5.75 Å². The molecule has 2 aromatic carbocycles. The van der Waals surface area contributed by atoms with E-state index < -0.39 is 0 Å². The number of nitrogens with one attached hydrogen (secondary N) is 1. The van der Waals surface area contributed by atoms with E-state index >= 15 is 0 Å². The summed E-state index contributed by atoms with van der Waals surface area (Å²) in [6.07, 6.45) is 0. The van der Waals surface area contributed by atoms with Gasteiger partial charge in [0.05, 0.1) is 17.7 Å². The maximum Gasteiger partial charge on any atom is 0.260 e. The first-order valence-electron chi connectivity index (χ1n) is 8.96. The van der Waals surface area contributed by atoms with Gasteiger partial charge in [-0.3, -0.25) is 9.36 Å². The Balaban J connectivity index is 1.95. The smallest absolute Gasteiger partial charge is 0.260 e. The summed E-state index contributed by atoms with van der Waals surface area (Å²) in [6, 6.07) is 16.5. The average Bonchev–Trinajstić information content (AvgIpc) is 3.00. The molecule has 0 atom stereocenters. The maximum absolute atomic E-state index is 12.7. The van der Waals surface area contributed by atoms with Gasteiger partial charge in [-0.15, -0.1) is 0 Å². The zero-order valence-corrected chi connectivity index (χ0v) is 16.2. The van der Waals surface area contributed by atoms with Crippen molar-refractivity contribution in [3.63, 3.8) is 0 Å². The molecule has 28 heavy (non-hydrogen) atoms. The molecule has 0 aliphatic rings. The van der Waals surface area contributed by atoms with Crippen molar-refractivity contribution in [2.24, 2.45) is 0 Å². The lowest BCUT2D eigenvalue weighted by atomic mass is 10.1. The molecule has 2 aromatic heterocycles. The van der Waals surface area contributed by atoms with Crippen LogP contribution in [0.15, 0.2) is 59.4 Å². The predicted molar refractivity (Wildman–Crippen MR) is 112 cm³/mol. The van der Waals surface area contributed by atoms with Crippen molar-refractivity contribution in [1.29, 1.82) is 0 Å². The van der Waals surface area contributed by atoms with Crippen LogP contribution in [0.1, 0.15) is 12.5 Å². The van der Waals surface area contributed by atoms with Crippen molar-refractivity contribution in [3.05, 3.63) is 75.7 Å². The summed E-state index contributed by atoms with van der Waals surface area (Å²) in [5.41, 5.74) is 3.25. The second-order valence-electron chi connectivity index (χ2n) is 6.54. The molecule has 4 aromatic rings. The number of nitrogens with zero attached hydrogens (tertiary/aromatic N) is 1. The summed E-state index contributed by atoms with van der Waals surface area (Å²) < 4.78 is 7.17. The van der Waals surface area contributed by atoms with Crippen molar-refractivity contribution in [2.45, 2.75) is 13.8 Å². The van der Waals surface area contributed by atoms with E-state index in [9.17, 15) is 9.90 Å². The third-order valence-electron chi connectivity index (χ3n) is 4.64. The lowest BCUT2D eigenvalue weighted by Gasteiger charge is -2.11. The number of H-pyrrole nitrogens is 1. The topological polar surface area (TPSA) is 67.2 Å². The van der Waals surface area contributed by atoms with Gasteiger partial charge in [0.2, 0.25) is 0 Å². The zero-order valence-electron chi connectivity index (χ0n) is 15.5. The molecule has 0 aliphatic carbocycles. The fourth-order valence-corrected chi connectivity index (χ4v) is 3.61. The highest BCUT2D eigenvalue weighted by atomic mass is 35.5. The first-order valence-corrected chi connectivity index (χ1v) is 9.34. The minimum Gasteiger partial charge on any atom is -0.505 e. The molecule has 0 spiro atoms. The Bertz CT molecular complexity index is 1210. The number of rotatable bonds is 4. The molecule has 0 fully saturated rings. The van der Waals surface area contributed by atoms with E-state index in [4.69, 9.17) is 16.3 Å². The summed E-state index contributed by atoms with van der Waals surface area (Å²) in [7, 11) is 0. The average molecular weight is 395 g/mol. The van der Waals surface area contributed by atoms with Gasteiger partial charge >= 0.3 is 0 Å². The molecule has 0 aliphatic heterocycles. The van der Waals surface area contributed by atoms with E-state index in [-0.39, 0.29) is 16.9 Å². The highest BCUT2D eigenvalue weighted by molar-refractivity contribution is 6.31. The van der Waals surface area contributed by atoms with Crippen LogP contribution in [0.4, 0.5) is 0 Å². The van der Waals surface area contributed by atoms with E-state index in [1.165, 1.54) is 0 Å². The first kappa shape index (κ1) is 18.2. The molecule has 0 radical (unpaired) electrons. The van der Waals surface area contributed by atoms with Gasteiger partial charge in [-0.05, 0) is 49.7 Å². The molecule has 4 rings (SSSR count). The lowest BCUT2D eigenvalue weighted by Crippen LogP contribution is -2.09. The van der Waals surface area contributed by atoms with Crippen molar-refractivity contribution in [1.82, 2.24) is 9.55 Å². The first-order chi connectivity index (χ1) is 13.5. The Labute approximate surface area is 166 Å². The molecule has 5 nitrogen and oxygen atoms in total. The summed E-state index contributed by atoms with van der Waals surface area (Å²) >= 11 is 6.43. The summed E-state index contributed by atoms with van der Waals surface area (Å²) in [5, 5.41) is 11.4. The number of hydrogen-bond acceptors (Lipinski definition) is 3. The molecular weight excluding hydrogens is 376 g/mol. The third-order valence-corrected chi connectivity index (χ3v) is 4.92. The number of fused-ring (bicyclic) bond motifs is 1. The number of aryl methyl sites for hydroxylation is 1. The van der Waals surface area contributed by atoms with Crippen molar-refractivity contribution in [3.8, 4) is 28.3 Å². The fraction of sp³-hybridized carbons (Fsp3) is 0.136. The Morgan fingerprint density at radius 1 is 1.11 bits per heavy atom. The predicted octanol–water partition coefficient (Wildman–Crippen LogP) is 5.05. The van der Waals surface area contributed by atoms with Crippen LogP contribution >= 0.6 is 11.6 Å². The van der Waals surface area contributed by atoms with Gasteiger partial charge in [0.1, 0.15) is 16.4 Å².